The fourth-order valence-electron chi connectivity index (χ4n) is 3.01. The molecule has 0 aromatic heterocycles. The van der Waals surface area contributed by atoms with Gasteiger partial charge >= 0.3 is 0 Å². The number of benzene rings is 1. The maximum absolute atomic E-state index is 6.35. The van der Waals surface area contributed by atoms with E-state index in [1.54, 1.807) is 0 Å². The molecule has 0 heterocycles. The molecule has 1 fully saturated rings. The highest BCUT2D eigenvalue weighted by Crippen LogP contribution is 2.46. The SMILES string of the molecule is C[C@@H](c1cc(Br)c2c(c1N)CCC2)C1CC1. The molecule has 3 rings (SSSR count). The van der Waals surface area contributed by atoms with Gasteiger partial charge in [-0.3, -0.25) is 0 Å². The number of halogens is 1. The second kappa shape index (κ2) is 3.76. The number of hydrogen-bond acceptors (Lipinski definition) is 1. The predicted molar refractivity (Wildman–Crippen MR) is 71.7 cm³/mol. The molecule has 2 aliphatic carbocycles. The molecule has 0 spiro atoms. The molecule has 0 bridgehead atoms. The quantitative estimate of drug-likeness (QED) is 0.813. The molecular weight excluding hydrogens is 262 g/mol. The Balaban J connectivity index is 2.08. The van der Waals surface area contributed by atoms with Crippen molar-refractivity contribution in [2.45, 2.75) is 44.9 Å². The van der Waals surface area contributed by atoms with Gasteiger partial charge < -0.3 is 5.73 Å². The van der Waals surface area contributed by atoms with Crippen LogP contribution >= 0.6 is 15.9 Å². The summed E-state index contributed by atoms with van der Waals surface area (Å²) in [5.41, 5.74) is 11.7. The highest BCUT2D eigenvalue weighted by molar-refractivity contribution is 9.10. The van der Waals surface area contributed by atoms with E-state index in [-0.39, 0.29) is 0 Å². The van der Waals surface area contributed by atoms with Gasteiger partial charge in [-0.1, -0.05) is 22.9 Å². The van der Waals surface area contributed by atoms with E-state index in [1.807, 2.05) is 0 Å². The van der Waals surface area contributed by atoms with Crippen LogP contribution in [0.15, 0.2) is 10.5 Å². The third-order valence-electron chi connectivity index (χ3n) is 4.24. The molecule has 2 aliphatic rings. The zero-order valence-corrected chi connectivity index (χ0v) is 11.3. The Bertz CT molecular complexity index is 435. The maximum Gasteiger partial charge on any atom is 0.0385 e. The van der Waals surface area contributed by atoms with Crippen LogP contribution in [0.5, 0.6) is 0 Å². The summed E-state index contributed by atoms with van der Waals surface area (Å²) >= 11 is 3.71. The molecule has 2 N–H and O–H groups in total. The van der Waals surface area contributed by atoms with E-state index in [0.29, 0.717) is 5.92 Å². The molecule has 16 heavy (non-hydrogen) atoms. The topological polar surface area (TPSA) is 26.0 Å². The van der Waals surface area contributed by atoms with E-state index < -0.39 is 0 Å². The number of rotatable bonds is 2. The van der Waals surface area contributed by atoms with Crippen molar-refractivity contribution in [1.29, 1.82) is 0 Å². The largest absolute Gasteiger partial charge is 0.398 e. The van der Waals surface area contributed by atoms with Gasteiger partial charge in [0.05, 0.1) is 0 Å². The third-order valence-corrected chi connectivity index (χ3v) is 4.95. The van der Waals surface area contributed by atoms with E-state index in [4.69, 9.17) is 5.73 Å². The zero-order valence-electron chi connectivity index (χ0n) is 9.72. The third kappa shape index (κ3) is 1.58. The van der Waals surface area contributed by atoms with Gasteiger partial charge in [-0.15, -0.1) is 0 Å². The Labute approximate surface area is 106 Å². The molecule has 0 saturated heterocycles. The van der Waals surface area contributed by atoms with Gasteiger partial charge in [-0.25, -0.2) is 0 Å². The van der Waals surface area contributed by atoms with Crippen molar-refractivity contribution in [3.8, 4) is 0 Å². The number of fused-ring (bicyclic) bond motifs is 1. The minimum Gasteiger partial charge on any atom is -0.398 e. The van der Waals surface area contributed by atoms with E-state index in [1.165, 1.54) is 53.3 Å². The Morgan fingerprint density at radius 2 is 2.00 bits per heavy atom. The van der Waals surface area contributed by atoms with Crippen molar-refractivity contribution in [3.05, 3.63) is 27.2 Å². The van der Waals surface area contributed by atoms with Gasteiger partial charge in [0.25, 0.3) is 0 Å². The standard InChI is InChI=1S/C14H18BrN/c1-8(9-5-6-9)12-7-13(15)10-3-2-4-11(10)14(12)16/h7-9H,2-6,16H2,1H3/t8-/m1/s1. The fraction of sp³-hybridized carbons (Fsp3) is 0.571. The van der Waals surface area contributed by atoms with Crippen molar-refractivity contribution in [2.75, 3.05) is 5.73 Å². The molecule has 1 aromatic carbocycles. The van der Waals surface area contributed by atoms with Crippen LogP contribution in [-0.2, 0) is 12.8 Å². The lowest BCUT2D eigenvalue weighted by Crippen LogP contribution is -2.05. The second-order valence-corrected chi connectivity index (χ2v) is 6.15. The summed E-state index contributed by atoms with van der Waals surface area (Å²) in [6.45, 7) is 2.33. The van der Waals surface area contributed by atoms with Crippen LogP contribution in [0.4, 0.5) is 5.69 Å². The molecule has 1 atom stereocenters. The maximum atomic E-state index is 6.35. The minimum absolute atomic E-state index is 0.641. The first kappa shape index (κ1) is 10.6. The summed E-state index contributed by atoms with van der Waals surface area (Å²) in [5.74, 6) is 1.52. The van der Waals surface area contributed by atoms with Crippen LogP contribution in [0.3, 0.4) is 0 Å². The zero-order chi connectivity index (χ0) is 11.3. The Kier molecular flexibility index (Phi) is 2.50. The molecule has 86 valence electrons. The van der Waals surface area contributed by atoms with Gasteiger partial charge in [0, 0.05) is 10.2 Å². The Morgan fingerprint density at radius 1 is 1.31 bits per heavy atom. The van der Waals surface area contributed by atoms with Crippen LogP contribution in [0.2, 0.25) is 0 Å². The van der Waals surface area contributed by atoms with Crippen molar-refractivity contribution in [2.24, 2.45) is 5.92 Å². The molecule has 1 aromatic rings. The molecule has 0 amide bonds. The summed E-state index contributed by atoms with van der Waals surface area (Å²) in [6, 6.07) is 2.28. The Hall–Kier alpha value is -0.500. The first-order chi connectivity index (χ1) is 7.68. The fourth-order valence-corrected chi connectivity index (χ4v) is 3.69. The average molecular weight is 280 g/mol. The minimum atomic E-state index is 0.641. The van der Waals surface area contributed by atoms with Gasteiger partial charge in [-0.2, -0.15) is 0 Å². The first-order valence-electron chi connectivity index (χ1n) is 6.28. The van der Waals surface area contributed by atoms with Crippen molar-refractivity contribution in [1.82, 2.24) is 0 Å². The summed E-state index contributed by atoms with van der Waals surface area (Å²) in [6.07, 6.45) is 6.40. The molecule has 0 aliphatic heterocycles. The van der Waals surface area contributed by atoms with Crippen molar-refractivity contribution < 1.29 is 0 Å². The highest BCUT2D eigenvalue weighted by Gasteiger charge is 2.31. The molecule has 1 saturated carbocycles. The van der Waals surface area contributed by atoms with Crippen LogP contribution < -0.4 is 5.73 Å². The van der Waals surface area contributed by atoms with Crippen LogP contribution in [0.25, 0.3) is 0 Å². The van der Waals surface area contributed by atoms with Crippen LogP contribution in [0, 0.1) is 5.92 Å². The van der Waals surface area contributed by atoms with E-state index in [2.05, 4.69) is 28.9 Å². The van der Waals surface area contributed by atoms with E-state index >= 15 is 0 Å². The molecule has 1 nitrogen and oxygen atoms in total. The lowest BCUT2D eigenvalue weighted by molar-refractivity contribution is 0.665. The summed E-state index contributed by atoms with van der Waals surface area (Å²) in [7, 11) is 0. The van der Waals surface area contributed by atoms with Gasteiger partial charge in [0.2, 0.25) is 0 Å². The smallest absolute Gasteiger partial charge is 0.0385 e. The average Bonchev–Trinajstić information content (AvgIpc) is 2.99. The van der Waals surface area contributed by atoms with Gasteiger partial charge in [0.1, 0.15) is 0 Å². The summed E-state index contributed by atoms with van der Waals surface area (Å²) in [5, 5.41) is 0. The van der Waals surface area contributed by atoms with Gasteiger partial charge in [-0.05, 0) is 66.7 Å². The van der Waals surface area contributed by atoms with Crippen LogP contribution in [0.1, 0.15) is 48.8 Å². The number of hydrogen-bond donors (Lipinski definition) is 1. The lowest BCUT2D eigenvalue weighted by Gasteiger charge is -2.18. The van der Waals surface area contributed by atoms with Crippen molar-refractivity contribution >= 4 is 21.6 Å². The van der Waals surface area contributed by atoms with E-state index in [0.717, 1.165) is 11.6 Å². The van der Waals surface area contributed by atoms with Crippen LogP contribution in [-0.4, -0.2) is 0 Å². The highest BCUT2D eigenvalue weighted by atomic mass is 79.9. The lowest BCUT2D eigenvalue weighted by atomic mass is 9.91. The Morgan fingerprint density at radius 3 is 2.69 bits per heavy atom. The molecular formula is C14H18BrN. The second-order valence-electron chi connectivity index (χ2n) is 5.30. The molecule has 0 unspecified atom stereocenters. The summed E-state index contributed by atoms with van der Waals surface area (Å²) in [4.78, 5) is 0. The number of anilines is 1. The molecule has 2 heteroatoms. The number of nitrogen functional groups attached to an aromatic ring is 1. The molecule has 0 radical (unpaired) electrons. The first-order valence-corrected chi connectivity index (χ1v) is 7.07. The predicted octanol–water partition coefficient (Wildman–Crippen LogP) is 4.03. The van der Waals surface area contributed by atoms with Crippen molar-refractivity contribution in [3.63, 3.8) is 0 Å². The summed E-state index contributed by atoms with van der Waals surface area (Å²) < 4.78 is 1.29. The normalized spacial score (nSPS) is 20.9. The van der Waals surface area contributed by atoms with E-state index in [9.17, 15) is 0 Å². The van der Waals surface area contributed by atoms with Gasteiger partial charge in [0.15, 0.2) is 0 Å². The monoisotopic (exact) mass is 279 g/mol. The number of nitrogens with two attached hydrogens (primary N) is 1.